The van der Waals surface area contributed by atoms with Crippen LogP contribution in [0.4, 0.5) is 16.5 Å². The number of hydrogen-bond donors (Lipinski definition) is 1. The number of nitrogens with zero attached hydrogens (tertiary/aromatic N) is 2. The molecule has 0 saturated heterocycles. The highest BCUT2D eigenvalue weighted by atomic mass is 32.1. The maximum Gasteiger partial charge on any atom is 0.191 e. The number of thiazole rings is 1. The molecule has 0 aliphatic carbocycles. The van der Waals surface area contributed by atoms with Crippen molar-refractivity contribution in [1.82, 2.24) is 4.98 Å². The van der Waals surface area contributed by atoms with E-state index in [-0.39, 0.29) is 0 Å². The van der Waals surface area contributed by atoms with Gasteiger partial charge in [-0.15, -0.1) is 11.3 Å². The molecule has 1 aliphatic rings. The highest BCUT2D eigenvalue weighted by molar-refractivity contribution is 7.13. The zero-order chi connectivity index (χ0) is 9.38. The fraction of sp³-hybridized carbons (Fsp3) is 0.100. The van der Waals surface area contributed by atoms with Crippen molar-refractivity contribution in [2.75, 3.05) is 16.9 Å². The van der Waals surface area contributed by atoms with Gasteiger partial charge in [0.25, 0.3) is 0 Å². The molecule has 0 fully saturated rings. The van der Waals surface area contributed by atoms with E-state index in [1.165, 1.54) is 11.4 Å². The summed E-state index contributed by atoms with van der Waals surface area (Å²) in [7, 11) is 0. The topological polar surface area (TPSA) is 28.2 Å². The van der Waals surface area contributed by atoms with Crippen LogP contribution in [-0.2, 0) is 0 Å². The quantitative estimate of drug-likeness (QED) is 0.772. The van der Waals surface area contributed by atoms with Crippen LogP contribution in [0.1, 0.15) is 0 Å². The summed E-state index contributed by atoms with van der Waals surface area (Å²) in [6.07, 6.45) is 1.83. The second kappa shape index (κ2) is 2.99. The lowest BCUT2D eigenvalue weighted by Crippen LogP contribution is -2.15. The molecule has 4 heteroatoms. The SMILES string of the molecule is c1ccc2c(c1)NCN2c1nccs1. The smallest absolute Gasteiger partial charge is 0.191 e. The van der Waals surface area contributed by atoms with Gasteiger partial charge in [0.1, 0.15) is 0 Å². The van der Waals surface area contributed by atoms with E-state index < -0.39 is 0 Å². The van der Waals surface area contributed by atoms with E-state index >= 15 is 0 Å². The molecule has 70 valence electrons. The number of hydrogen-bond acceptors (Lipinski definition) is 4. The van der Waals surface area contributed by atoms with Crippen molar-refractivity contribution >= 4 is 27.8 Å². The van der Waals surface area contributed by atoms with Crippen molar-refractivity contribution in [3.63, 3.8) is 0 Å². The van der Waals surface area contributed by atoms with Crippen LogP contribution in [0.25, 0.3) is 0 Å². The summed E-state index contributed by atoms with van der Waals surface area (Å²) in [5, 5.41) is 6.37. The molecule has 0 bridgehead atoms. The predicted octanol–water partition coefficient (Wildman–Crippen LogP) is 2.66. The first-order valence-corrected chi connectivity index (χ1v) is 5.33. The Balaban J connectivity index is 2.06. The number of anilines is 3. The number of rotatable bonds is 1. The van der Waals surface area contributed by atoms with E-state index in [0.717, 1.165) is 11.8 Å². The Hall–Kier alpha value is -1.55. The van der Waals surface area contributed by atoms with Gasteiger partial charge in [-0.1, -0.05) is 12.1 Å². The molecule has 1 aromatic heterocycles. The van der Waals surface area contributed by atoms with E-state index in [2.05, 4.69) is 27.3 Å². The molecule has 2 heterocycles. The van der Waals surface area contributed by atoms with Gasteiger partial charge >= 0.3 is 0 Å². The first-order chi connectivity index (χ1) is 6.95. The van der Waals surface area contributed by atoms with E-state index in [1.807, 2.05) is 23.7 Å². The second-order valence-electron chi connectivity index (χ2n) is 3.09. The third kappa shape index (κ3) is 1.08. The lowest BCUT2D eigenvalue weighted by Gasteiger charge is -2.13. The van der Waals surface area contributed by atoms with E-state index in [9.17, 15) is 0 Å². The van der Waals surface area contributed by atoms with Crippen molar-refractivity contribution in [3.8, 4) is 0 Å². The van der Waals surface area contributed by atoms with Gasteiger partial charge in [-0.25, -0.2) is 4.98 Å². The summed E-state index contributed by atoms with van der Waals surface area (Å²) in [6, 6.07) is 8.28. The van der Waals surface area contributed by atoms with E-state index in [4.69, 9.17) is 0 Å². The first kappa shape index (κ1) is 7.82. The van der Waals surface area contributed by atoms with Gasteiger partial charge in [-0.05, 0) is 12.1 Å². The molecule has 0 radical (unpaired) electrons. The standard InChI is InChI=1S/C10H9N3S/c1-2-4-9-8(3-1)12-7-13(9)10-11-5-6-14-10/h1-6,12H,7H2. The Labute approximate surface area is 86.0 Å². The number of benzene rings is 1. The minimum atomic E-state index is 0.812. The Morgan fingerprint density at radius 2 is 2.29 bits per heavy atom. The molecular formula is C10H9N3S. The van der Waals surface area contributed by atoms with Crippen LogP contribution in [0.2, 0.25) is 0 Å². The van der Waals surface area contributed by atoms with Gasteiger partial charge < -0.3 is 5.32 Å². The number of nitrogens with one attached hydrogen (secondary N) is 1. The molecule has 0 unspecified atom stereocenters. The molecule has 3 nitrogen and oxygen atoms in total. The zero-order valence-corrected chi connectivity index (χ0v) is 8.29. The molecule has 3 rings (SSSR count). The molecule has 2 aromatic rings. The molecular weight excluding hydrogens is 194 g/mol. The Bertz CT molecular complexity index is 438. The van der Waals surface area contributed by atoms with Crippen molar-refractivity contribution in [3.05, 3.63) is 35.8 Å². The number of para-hydroxylation sites is 2. The average molecular weight is 203 g/mol. The highest BCUT2D eigenvalue weighted by Gasteiger charge is 2.20. The number of fused-ring (bicyclic) bond motifs is 1. The maximum atomic E-state index is 4.30. The van der Waals surface area contributed by atoms with Gasteiger partial charge in [0, 0.05) is 11.6 Å². The maximum absolute atomic E-state index is 4.30. The monoisotopic (exact) mass is 203 g/mol. The average Bonchev–Trinajstić information content (AvgIpc) is 2.85. The van der Waals surface area contributed by atoms with Gasteiger partial charge in [-0.3, -0.25) is 4.90 Å². The zero-order valence-electron chi connectivity index (χ0n) is 7.47. The number of aromatic nitrogens is 1. The van der Waals surface area contributed by atoms with Crippen LogP contribution in [0, 0.1) is 0 Å². The van der Waals surface area contributed by atoms with Gasteiger partial charge in [0.2, 0.25) is 0 Å². The lowest BCUT2D eigenvalue weighted by molar-refractivity contribution is 1.08. The van der Waals surface area contributed by atoms with Gasteiger partial charge in [-0.2, -0.15) is 0 Å². The molecule has 14 heavy (non-hydrogen) atoms. The summed E-state index contributed by atoms with van der Waals surface area (Å²) in [5.41, 5.74) is 2.39. The second-order valence-corrected chi connectivity index (χ2v) is 3.97. The highest BCUT2D eigenvalue weighted by Crippen LogP contribution is 2.36. The molecule has 1 aliphatic heterocycles. The molecule has 0 spiro atoms. The van der Waals surface area contributed by atoms with Crippen LogP contribution < -0.4 is 10.2 Å². The predicted molar refractivity (Wildman–Crippen MR) is 59.2 cm³/mol. The minimum Gasteiger partial charge on any atom is -0.366 e. The minimum absolute atomic E-state index is 0.812. The normalized spacial score (nSPS) is 13.9. The largest absolute Gasteiger partial charge is 0.366 e. The fourth-order valence-corrected chi connectivity index (χ4v) is 2.28. The molecule has 1 aromatic carbocycles. The molecule has 0 saturated carbocycles. The van der Waals surface area contributed by atoms with Crippen LogP contribution in [0.15, 0.2) is 35.8 Å². The summed E-state index contributed by atoms with van der Waals surface area (Å²) < 4.78 is 0. The fourth-order valence-electron chi connectivity index (χ4n) is 1.63. The molecule has 0 amide bonds. The third-order valence-corrected chi connectivity index (χ3v) is 3.07. The van der Waals surface area contributed by atoms with E-state index in [1.54, 1.807) is 11.3 Å². The van der Waals surface area contributed by atoms with Gasteiger partial charge in [0.05, 0.1) is 18.0 Å². The van der Waals surface area contributed by atoms with Crippen LogP contribution in [-0.4, -0.2) is 11.7 Å². The van der Waals surface area contributed by atoms with Crippen molar-refractivity contribution in [2.45, 2.75) is 0 Å². The first-order valence-electron chi connectivity index (χ1n) is 4.45. The Kier molecular flexibility index (Phi) is 1.67. The van der Waals surface area contributed by atoms with Crippen LogP contribution in [0.3, 0.4) is 0 Å². The van der Waals surface area contributed by atoms with E-state index in [0.29, 0.717) is 0 Å². The summed E-state index contributed by atoms with van der Waals surface area (Å²) in [5.74, 6) is 0. The van der Waals surface area contributed by atoms with Crippen LogP contribution >= 0.6 is 11.3 Å². The van der Waals surface area contributed by atoms with Crippen molar-refractivity contribution in [2.24, 2.45) is 0 Å². The lowest BCUT2D eigenvalue weighted by atomic mass is 10.3. The Morgan fingerprint density at radius 1 is 1.36 bits per heavy atom. The Morgan fingerprint density at radius 3 is 3.14 bits per heavy atom. The molecule has 0 atom stereocenters. The third-order valence-electron chi connectivity index (χ3n) is 2.27. The molecule has 1 N–H and O–H groups in total. The van der Waals surface area contributed by atoms with Crippen molar-refractivity contribution < 1.29 is 0 Å². The van der Waals surface area contributed by atoms with Crippen LogP contribution in [0.5, 0.6) is 0 Å². The summed E-state index contributed by atoms with van der Waals surface area (Å²) in [4.78, 5) is 6.48. The summed E-state index contributed by atoms with van der Waals surface area (Å²) in [6.45, 7) is 0.812. The summed E-state index contributed by atoms with van der Waals surface area (Å²) >= 11 is 1.66. The van der Waals surface area contributed by atoms with Crippen molar-refractivity contribution in [1.29, 1.82) is 0 Å². The van der Waals surface area contributed by atoms with Gasteiger partial charge in [0.15, 0.2) is 5.13 Å².